The second kappa shape index (κ2) is 5.58. The monoisotopic (exact) mass is 323 g/mol. The molecule has 0 aliphatic carbocycles. The molecule has 0 unspecified atom stereocenters. The number of aromatic nitrogens is 2. The fraction of sp³-hybridized carbons (Fsp3) is 0.421. The standard InChI is InChI=1S/C19H21N3O2/c1-13-4-5-15-16(23)12-19(24-17(15)14(13)2)6-10-22(11-7-19)18-20-8-3-9-21-18/h3-5,8-9H,6-7,10-12H2,1-2H3. The molecular formula is C19H21N3O2. The minimum Gasteiger partial charge on any atom is -0.486 e. The van der Waals surface area contributed by atoms with Gasteiger partial charge in [-0.05, 0) is 37.1 Å². The Morgan fingerprint density at radius 1 is 1.12 bits per heavy atom. The number of aryl methyl sites for hydroxylation is 1. The van der Waals surface area contributed by atoms with Gasteiger partial charge >= 0.3 is 0 Å². The summed E-state index contributed by atoms with van der Waals surface area (Å²) >= 11 is 0. The molecule has 1 aromatic carbocycles. The number of rotatable bonds is 1. The van der Waals surface area contributed by atoms with Crippen molar-refractivity contribution in [2.45, 2.75) is 38.7 Å². The van der Waals surface area contributed by atoms with Crippen molar-refractivity contribution < 1.29 is 9.53 Å². The van der Waals surface area contributed by atoms with Gasteiger partial charge in [-0.1, -0.05) is 6.07 Å². The Balaban J connectivity index is 1.58. The molecule has 1 fully saturated rings. The number of ether oxygens (including phenoxy) is 1. The lowest BCUT2D eigenvalue weighted by atomic mass is 9.81. The summed E-state index contributed by atoms with van der Waals surface area (Å²) in [7, 11) is 0. The van der Waals surface area contributed by atoms with Gasteiger partial charge in [-0.25, -0.2) is 9.97 Å². The largest absolute Gasteiger partial charge is 0.486 e. The Bertz CT molecular complexity index is 781. The minimum absolute atomic E-state index is 0.198. The third kappa shape index (κ3) is 2.44. The van der Waals surface area contributed by atoms with Crippen molar-refractivity contribution in [3.63, 3.8) is 0 Å². The third-order valence-corrected chi connectivity index (χ3v) is 5.29. The van der Waals surface area contributed by atoms with Gasteiger partial charge in [-0.3, -0.25) is 4.79 Å². The van der Waals surface area contributed by atoms with E-state index in [9.17, 15) is 4.79 Å². The van der Waals surface area contributed by atoms with Crippen LogP contribution in [-0.4, -0.2) is 34.4 Å². The van der Waals surface area contributed by atoms with E-state index >= 15 is 0 Å². The Labute approximate surface area is 141 Å². The maximum absolute atomic E-state index is 12.7. The second-order valence-corrected chi connectivity index (χ2v) is 6.81. The second-order valence-electron chi connectivity index (χ2n) is 6.81. The molecule has 0 amide bonds. The van der Waals surface area contributed by atoms with Crippen molar-refractivity contribution in [3.05, 3.63) is 47.3 Å². The predicted octanol–water partition coefficient (Wildman–Crippen LogP) is 3.10. The average Bonchev–Trinajstić information content (AvgIpc) is 2.60. The van der Waals surface area contributed by atoms with Crippen molar-refractivity contribution >= 4 is 11.7 Å². The molecule has 2 aliphatic rings. The van der Waals surface area contributed by atoms with Crippen LogP contribution in [-0.2, 0) is 0 Å². The highest BCUT2D eigenvalue weighted by molar-refractivity contribution is 6.01. The highest BCUT2D eigenvalue weighted by Crippen LogP contribution is 2.41. The SMILES string of the molecule is Cc1ccc2c(c1C)OC1(CCN(c3ncccn3)CC1)CC2=O. The normalized spacial score (nSPS) is 19.1. The van der Waals surface area contributed by atoms with Crippen LogP contribution < -0.4 is 9.64 Å². The number of carbonyl (C=O) groups is 1. The van der Waals surface area contributed by atoms with E-state index in [-0.39, 0.29) is 11.4 Å². The van der Waals surface area contributed by atoms with Crippen LogP contribution in [0.25, 0.3) is 0 Å². The molecule has 0 radical (unpaired) electrons. The molecular weight excluding hydrogens is 302 g/mol. The summed E-state index contributed by atoms with van der Waals surface area (Å²) in [4.78, 5) is 23.5. The maximum atomic E-state index is 12.7. The molecule has 5 heteroatoms. The molecule has 1 aromatic heterocycles. The summed E-state index contributed by atoms with van der Waals surface area (Å²) in [6, 6.07) is 5.72. The molecule has 5 nitrogen and oxygen atoms in total. The number of Topliss-reactive ketones (excluding diaryl/α,β-unsaturated/α-hetero) is 1. The van der Waals surface area contributed by atoms with Crippen molar-refractivity contribution in [1.82, 2.24) is 9.97 Å². The van der Waals surface area contributed by atoms with Crippen LogP contribution in [0.1, 0.15) is 40.7 Å². The van der Waals surface area contributed by atoms with Gasteiger partial charge in [0.05, 0.1) is 12.0 Å². The zero-order chi connectivity index (χ0) is 16.7. The van der Waals surface area contributed by atoms with Crippen LogP contribution in [0.3, 0.4) is 0 Å². The molecule has 1 saturated heterocycles. The van der Waals surface area contributed by atoms with Crippen LogP contribution in [0.4, 0.5) is 5.95 Å². The summed E-state index contributed by atoms with van der Waals surface area (Å²) in [5.74, 6) is 1.74. The van der Waals surface area contributed by atoms with E-state index < -0.39 is 0 Å². The van der Waals surface area contributed by atoms with E-state index in [2.05, 4.69) is 21.8 Å². The number of nitrogens with zero attached hydrogens (tertiary/aromatic N) is 3. The minimum atomic E-state index is -0.381. The average molecular weight is 323 g/mol. The zero-order valence-corrected chi connectivity index (χ0v) is 14.1. The summed E-state index contributed by atoms with van der Waals surface area (Å²) in [6.07, 6.45) is 5.60. The fourth-order valence-electron chi connectivity index (χ4n) is 3.63. The summed E-state index contributed by atoms with van der Waals surface area (Å²) in [5.41, 5.74) is 2.59. The first-order valence-electron chi connectivity index (χ1n) is 8.42. The van der Waals surface area contributed by atoms with Gasteiger partial charge in [0.2, 0.25) is 5.95 Å². The number of benzene rings is 1. The topological polar surface area (TPSA) is 55.3 Å². The molecule has 0 N–H and O–H groups in total. The van der Waals surface area contributed by atoms with Gasteiger partial charge in [-0.2, -0.15) is 0 Å². The first-order chi connectivity index (χ1) is 11.6. The van der Waals surface area contributed by atoms with Gasteiger partial charge in [0, 0.05) is 38.3 Å². The fourth-order valence-corrected chi connectivity index (χ4v) is 3.63. The third-order valence-electron chi connectivity index (χ3n) is 5.29. The van der Waals surface area contributed by atoms with Gasteiger partial charge in [0.1, 0.15) is 11.4 Å². The lowest BCUT2D eigenvalue weighted by Gasteiger charge is -2.44. The highest BCUT2D eigenvalue weighted by atomic mass is 16.5. The zero-order valence-electron chi connectivity index (χ0n) is 14.1. The number of anilines is 1. The molecule has 124 valence electrons. The van der Waals surface area contributed by atoms with E-state index in [1.807, 2.05) is 25.1 Å². The highest BCUT2D eigenvalue weighted by Gasteiger charge is 2.43. The molecule has 0 bridgehead atoms. The van der Waals surface area contributed by atoms with Gasteiger partial charge in [-0.15, -0.1) is 0 Å². The molecule has 4 rings (SSSR count). The number of hydrogen-bond acceptors (Lipinski definition) is 5. The quantitative estimate of drug-likeness (QED) is 0.807. The van der Waals surface area contributed by atoms with E-state index in [4.69, 9.17) is 4.74 Å². The van der Waals surface area contributed by atoms with Crippen LogP contribution in [0, 0.1) is 13.8 Å². The van der Waals surface area contributed by atoms with Crippen molar-refractivity contribution in [1.29, 1.82) is 0 Å². The molecule has 1 spiro atoms. The molecule has 24 heavy (non-hydrogen) atoms. The Hall–Kier alpha value is -2.43. The van der Waals surface area contributed by atoms with Crippen molar-refractivity contribution in [3.8, 4) is 5.75 Å². The summed E-state index contributed by atoms with van der Waals surface area (Å²) in [6.45, 7) is 5.70. The van der Waals surface area contributed by atoms with E-state index in [1.54, 1.807) is 12.4 Å². The number of ketones is 1. The molecule has 2 aromatic rings. The van der Waals surface area contributed by atoms with Crippen LogP contribution in [0.15, 0.2) is 30.6 Å². The van der Waals surface area contributed by atoms with Crippen molar-refractivity contribution in [2.24, 2.45) is 0 Å². The van der Waals surface area contributed by atoms with Gasteiger partial charge < -0.3 is 9.64 Å². The predicted molar refractivity (Wildman–Crippen MR) is 91.7 cm³/mol. The van der Waals surface area contributed by atoms with Crippen molar-refractivity contribution in [2.75, 3.05) is 18.0 Å². The number of hydrogen-bond donors (Lipinski definition) is 0. The molecule has 0 atom stereocenters. The molecule has 2 aliphatic heterocycles. The van der Waals surface area contributed by atoms with E-state index in [0.717, 1.165) is 54.3 Å². The van der Waals surface area contributed by atoms with Crippen LogP contribution in [0.2, 0.25) is 0 Å². The lowest BCUT2D eigenvalue weighted by Crippen LogP contribution is -2.51. The van der Waals surface area contributed by atoms with E-state index in [0.29, 0.717) is 6.42 Å². The molecule has 0 saturated carbocycles. The maximum Gasteiger partial charge on any atom is 0.225 e. The Morgan fingerprint density at radius 3 is 2.54 bits per heavy atom. The van der Waals surface area contributed by atoms with Gasteiger partial charge in [0.25, 0.3) is 0 Å². The number of piperidine rings is 1. The first-order valence-corrected chi connectivity index (χ1v) is 8.42. The first kappa shape index (κ1) is 15.1. The summed E-state index contributed by atoms with van der Waals surface area (Å²) in [5, 5.41) is 0. The smallest absolute Gasteiger partial charge is 0.225 e. The lowest BCUT2D eigenvalue weighted by molar-refractivity contribution is 0.0224. The van der Waals surface area contributed by atoms with Crippen LogP contribution >= 0.6 is 0 Å². The Morgan fingerprint density at radius 2 is 1.83 bits per heavy atom. The van der Waals surface area contributed by atoms with Gasteiger partial charge in [0.15, 0.2) is 5.78 Å². The summed E-state index contributed by atoms with van der Waals surface area (Å²) < 4.78 is 6.44. The van der Waals surface area contributed by atoms with Crippen LogP contribution in [0.5, 0.6) is 5.75 Å². The number of carbonyl (C=O) groups excluding carboxylic acids is 1. The number of fused-ring (bicyclic) bond motifs is 1. The van der Waals surface area contributed by atoms with E-state index in [1.165, 1.54) is 0 Å². The Kier molecular flexibility index (Phi) is 3.52. The molecule has 3 heterocycles.